The normalized spacial score (nSPS) is 26.2. The number of hydrogen-bond donors (Lipinski definition) is 1. The number of hydrogen-bond acceptors (Lipinski definition) is 2. The van der Waals surface area contributed by atoms with Crippen molar-refractivity contribution in [3.63, 3.8) is 0 Å². The van der Waals surface area contributed by atoms with Crippen LogP contribution >= 0.6 is 0 Å². The van der Waals surface area contributed by atoms with Crippen LogP contribution in [0.4, 0.5) is 0 Å². The Kier molecular flexibility index (Phi) is 5.17. The monoisotopic (exact) mass is 255 g/mol. The zero-order valence-electron chi connectivity index (χ0n) is 11.8. The van der Waals surface area contributed by atoms with Crippen LogP contribution < -0.4 is 0 Å². The van der Waals surface area contributed by atoms with Crippen molar-refractivity contribution in [2.24, 2.45) is 17.8 Å². The van der Waals surface area contributed by atoms with Gasteiger partial charge in [-0.25, -0.2) is 0 Å². The number of piperidine rings is 1. The summed E-state index contributed by atoms with van der Waals surface area (Å²) < 4.78 is 0. The minimum atomic E-state index is -0.781. The predicted octanol–water partition coefficient (Wildman–Crippen LogP) is 2.38. The lowest BCUT2D eigenvalue weighted by Gasteiger charge is -2.37. The first-order valence-electron chi connectivity index (χ1n) is 6.85. The quantitative estimate of drug-likeness (QED) is 0.839. The fourth-order valence-electron chi connectivity index (χ4n) is 2.28. The highest BCUT2D eigenvalue weighted by Crippen LogP contribution is 2.24. The number of carbonyl (C=O) groups excluding carboxylic acids is 1. The molecule has 0 aromatic carbocycles. The third-order valence-corrected chi connectivity index (χ3v) is 4.19. The van der Waals surface area contributed by atoms with Gasteiger partial charge in [0.25, 0.3) is 0 Å². The van der Waals surface area contributed by atoms with E-state index < -0.39 is 5.97 Å². The van der Waals surface area contributed by atoms with E-state index in [2.05, 4.69) is 20.8 Å². The smallest absolute Gasteiger partial charge is 0.308 e. The van der Waals surface area contributed by atoms with Crippen molar-refractivity contribution >= 4 is 11.9 Å². The molecule has 0 aliphatic carbocycles. The van der Waals surface area contributed by atoms with E-state index >= 15 is 0 Å². The average Bonchev–Trinajstić information content (AvgIpc) is 2.28. The van der Waals surface area contributed by atoms with Crippen LogP contribution in [0.3, 0.4) is 0 Å². The highest BCUT2D eigenvalue weighted by atomic mass is 16.4. The van der Waals surface area contributed by atoms with Crippen LogP contribution in [0.15, 0.2) is 0 Å². The van der Waals surface area contributed by atoms with E-state index in [1.54, 1.807) is 4.90 Å². The van der Waals surface area contributed by atoms with E-state index in [0.717, 1.165) is 6.42 Å². The molecule has 0 saturated carbocycles. The highest BCUT2D eigenvalue weighted by molar-refractivity contribution is 5.78. The zero-order chi connectivity index (χ0) is 13.9. The lowest BCUT2D eigenvalue weighted by atomic mass is 9.90. The molecule has 1 saturated heterocycles. The van der Waals surface area contributed by atoms with Crippen molar-refractivity contribution < 1.29 is 14.7 Å². The van der Waals surface area contributed by atoms with Crippen molar-refractivity contribution in [3.05, 3.63) is 0 Å². The van der Waals surface area contributed by atoms with Gasteiger partial charge in [-0.1, -0.05) is 20.8 Å². The van der Waals surface area contributed by atoms with Gasteiger partial charge in [0, 0.05) is 19.0 Å². The second-order valence-electron chi connectivity index (χ2n) is 5.93. The number of aliphatic carboxylic acids is 1. The molecule has 18 heavy (non-hydrogen) atoms. The maximum atomic E-state index is 12.2. The van der Waals surface area contributed by atoms with Gasteiger partial charge in [0.05, 0.1) is 5.92 Å². The van der Waals surface area contributed by atoms with Gasteiger partial charge in [-0.3, -0.25) is 9.59 Å². The third-order valence-electron chi connectivity index (χ3n) is 4.19. The molecule has 1 rings (SSSR count). The Balaban J connectivity index is 2.62. The van der Waals surface area contributed by atoms with Gasteiger partial charge in [-0.15, -0.1) is 0 Å². The first kappa shape index (κ1) is 15.0. The van der Waals surface area contributed by atoms with Gasteiger partial charge in [-0.2, -0.15) is 0 Å². The van der Waals surface area contributed by atoms with Crippen molar-refractivity contribution in [1.82, 2.24) is 4.90 Å². The molecule has 4 nitrogen and oxygen atoms in total. The maximum Gasteiger partial charge on any atom is 0.308 e. The summed E-state index contributed by atoms with van der Waals surface area (Å²) in [5, 5.41) is 9.06. The molecule has 0 aromatic rings. The Morgan fingerprint density at radius 1 is 1.28 bits per heavy atom. The Hall–Kier alpha value is -1.06. The van der Waals surface area contributed by atoms with Crippen molar-refractivity contribution in [2.45, 2.75) is 53.0 Å². The van der Waals surface area contributed by atoms with Crippen molar-refractivity contribution in [3.8, 4) is 0 Å². The van der Waals surface area contributed by atoms with E-state index in [1.807, 2.05) is 6.92 Å². The summed E-state index contributed by atoms with van der Waals surface area (Å²) in [7, 11) is 0. The molecule has 1 N–H and O–H groups in total. The topological polar surface area (TPSA) is 57.6 Å². The zero-order valence-corrected chi connectivity index (χ0v) is 11.8. The van der Waals surface area contributed by atoms with Crippen LogP contribution in [0.25, 0.3) is 0 Å². The van der Waals surface area contributed by atoms with Crippen LogP contribution in [-0.2, 0) is 9.59 Å². The molecule has 1 aliphatic rings. The standard InChI is InChI=1S/C14H25NO3/c1-9(2)10(3)7-13(16)15-8-12(14(17)18)6-5-11(15)4/h9-12H,5-8H2,1-4H3,(H,17,18). The fraction of sp³-hybridized carbons (Fsp3) is 0.857. The van der Waals surface area contributed by atoms with Crippen molar-refractivity contribution in [2.75, 3.05) is 6.54 Å². The van der Waals surface area contributed by atoms with Crippen LogP contribution in [-0.4, -0.2) is 34.5 Å². The first-order valence-corrected chi connectivity index (χ1v) is 6.85. The average molecular weight is 255 g/mol. The van der Waals surface area contributed by atoms with E-state index in [4.69, 9.17) is 5.11 Å². The summed E-state index contributed by atoms with van der Waals surface area (Å²) >= 11 is 0. The predicted molar refractivity (Wildman–Crippen MR) is 70.2 cm³/mol. The second kappa shape index (κ2) is 6.21. The molecule has 1 aliphatic heterocycles. The Bertz CT molecular complexity index is 314. The number of carbonyl (C=O) groups is 2. The Morgan fingerprint density at radius 3 is 2.39 bits per heavy atom. The van der Waals surface area contributed by atoms with E-state index in [1.165, 1.54) is 0 Å². The molecule has 3 atom stereocenters. The summed E-state index contributed by atoms with van der Waals surface area (Å²) in [6.07, 6.45) is 1.99. The van der Waals surface area contributed by atoms with Gasteiger partial charge >= 0.3 is 5.97 Å². The maximum absolute atomic E-state index is 12.2. The molecule has 0 spiro atoms. The minimum Gasteiger partial charge on any atom is -0.481 e. The van der Waals surface area contributed by atoms with Crippen LogP contribution in [0.5, 0.6) is 0 Å². The SMILES string of the molecule is CC(C)C(C)CC(=O)N1CC(C(=O)O)CCC1C. The van der Waals surface area contributed by atoms with Crippen LogP contribution in [0.1, 0.15) is 47.0 Å². The van der Waals surface area contributed by atoms with Gasteiger partial charge in [0.1, 0.15) is 0 Å². The van der Waals surface area contributed by atoms with E-state index in [0.29, 0.717) is 31.2 Å². The lowest BCUT2D eigenvalue weighted by molar-refractivity contribution is -0.147. The molecule has 0 radical (unpaired) electrons. The number of rotatable bonds is 4. The van der Waals surface area contributed by atoms with Crippen LogP contribution in [0, 0.1) is 17.8 Å². The molecule has 0 bridgehead atoms. The largest absolute Gasteiger partial charge is 0.481 e. The summed E-state index contributed by atoms with van der Waals surface area (Å²) in [6, 6.07) is 0.174. The third kappa shape index (κ3) is 3.72. The molecule has 104 valence electrons. The molecule has 1 amide bonds. The van der Waals surface area contributed by atoms with Gasteiger partial charge in [-0.05, 0) is 31.6 Å². The van der Waals surface area contributed by atoms with Crippen molar-refractivity contribution in [1.29, 1.82) is 0 Å². The molecular formula is C14H25NO3. The molecule has 0 aromatic heterocycles. The van der Waals surface area contributed by atoms with E-state index in [9.17, 15) is 9.59 Å². The van der Waals surface area contributed by atoms with Crippen LogP contribution in [0.2, 0.25) is 0 Å². The molecule has 3 unspecified atom stereocenters. The lowest BCUT2D eigenvalue weighted by Crippen LogP contribution is -2.47. The van der Waals surface area contributed by atoms with E-state index in [-0.39, 0.29) is 17.9 Å². The molecule has 4 heteroatoms. The molecule has 1 fully saturated rings. The molecular weight excluding hydrogens is 230 g/mol. The van der Waals surface area contributed by atoms with Gasteiger partial charge in [0.15, 0.2) is 0 Å². The second-order valence-corrected chi connectivity index (χ2v) is 5.93. The highest BCUT2D eigenvalue weighted by Gasteiger charge is 2.32. The number of carboxylic acid groups (broad SMARTS) is 1. The van der Waals surface area contributed by atoms with Gasteiger partial charge < -0.3 is 10.0 Å². The number of likely N-dealkylation sites (tertiary alicyclic amines) is 1. The number of nitrogens with zero attached hydrogens (tertiary/aromatic N) is 1. The first-order chi connectivity index (χ1) is 8.32. The summed E-state index contributed by atoms with van der Waals surface area (Å²) in [5.41, 5.74) is 0. The number of amides is 1. The Labute approximate surface area is 109 Å². The molecule has 1 heterocycles. The summed E-state index contributed by atoms with van der Waals surface area (Å²) in [6.45, 7) is 8.68. The summed E-state index contributed by atoms with van der Waals surface area (Å²) in [5.74, 6) is -0.245. The summed E-state index contributed by atoms with van der Waals surface area (Å²) in [4.78, 5) is 25.0. The Morgan fingerprint density at radius 2 is 1.89 bits per heavy atom. The van der Waals surface area contributed by atoms with Gasteiger partial charge in [0.2, 0.25) is 5.91 Å². The minimum absolute atomic E-state index is 0.106. The number of carboxylic acids is 1. The fourth-order valence-corrected chi connectivity index (χ4v) is 2.28.